The quantitative estimate of drug-likeness (QED) is 0.510. The third-order valence-electron chi connectivity index (χ3n) is 3.78. The van der Waals surface area contributed by atoms with Gasteiger partial charge in [-0.3, -0.25) is 0 Å². The van der Waals surface area contributed by atoms with Crippen molar-refractivity contribution in [3.8, 4) is 0 Å². The molecule has 3 aromatic rings. The molecule has 1 aromatic heterocycles. The highest BCUT2D eigenvalue weighted by Gasteiger charge is 2.15. The molecule has 0 aliphatic heterocycles. The lowest BCUT2D eigenvalue weighted by Gasteiger charge is -2.02. The van der Waals surface area contributed by atoms with E-state index < -0.39 is 0 Å². The van der Waals surface area contributed by atoms with Gasteiger partial charge in [-0.2, -0.15) is 9.14 Å². The summed E-state index contributed by atoms with van der Waals surface area (Å²) < 4.78 is 4.50. The number of para-hydroxylation sites is 2. The van der Waals surface area contributed by atoms with E-state index in [1.165, 1.54) is 22.3 Å². The van der Waals surface area contributed by atoms with Crippen LogP contribution in [-0.4, -0.2) is 17.8 Å². The average Bonchev–Trinajstić information content (AvgIpc) is 2.55. The molecule has 0 aliphatic rings. The van der Waals surface area contributed by atoms with Gasteiger partial charge in [-0.1, -0.05) is 30.3 Å². The number of hydrogen-bond acceptors (Lipinski definition) is 0. The van der Waals surface area contributed by atoms with Gasteiger partial charge in [0.1, 0.15) is 13.6 Å². The van der Waals surface area contributed by atoms with Gasteiger partial charge in [-0.15, -0.1) is 0 Å². The largest absolute Gasteiger partial charge is 0.269 e. The van der Waals surface area contributed by atoms with Gasteiger partial charge in [0.05, 0.1) is 0 Å². The summed E-state index contributed by atoms with van der Waals surface area (Å²) in [6.07, 6.45) is 2.19. The van der Waals surface area contributed by atoms with Crippen molar-refractivity contribution < 1.29 is 9.14 Å². The van der Waals surface area contributed by atoms with Crippen LogP contribution in [0.5, 0.6) is 0 Å². The minimum atomic E-state index is 0.954. The van der Waals surface area contributed by atoms with Gasteiger partial charge < -0.3 is 0 Å². The molecule has 0 N–H and O–H groups in total. The topological polar surface area (TPSA) is 6.89 Å². The summed E-state index contributed by atoms with van der Waals surface area (Å²) in [4.78, 5) is 0. The number of aryl methyl sites for hydroxylation is 1. The second-order valence-corrected chi connectivity index (χ2v) is 5.14. The molecule has 3 rings (SSSR count). The van der Waals surface area contributed by atoms with Crippen LogP contribution in [0.4, 0.5) is 5.69 Å². The molecule has 0 spiro atoms. The first kappa shape index (κ1) is 13.5. The Bertz CT molecular complexity index is 789. The van der Waals surface area contributed by atoms with Gasteiger partial charge in [0.25, 0.3) is 5.69 Å². The maximum atomic E-state index is 2.34. The number of aromatic nitrogens is 1. The maximum Gasteiger partial charge on any atom is 0.269 e. The van der Waals surface area contributed by atoms with Crippen LogP contribution in [0.3, 0.4) is 0 Å². The molecule has 1 heterocycles. The molecule has 0 atom stereocenters. The highest BCUT2D eigenvalue weighted by molar-refractivity contribution is 5.79. The Kier molecular flexibility index (Phi) is 3.78. The van der Waals surface area contributed by atoms with E-state index in [2.05, 4.69) is 90.0 Å². The fourth-order valence-corrected chi connectivity index (χ4v) is 2.68. The molecule has 0 saturated heterocycles. The second kappa shape index (κ2) is 5.88. The van der Waals surface area contributed by atoms with Crippen LogP contribution in [-0.2, 0) is 6.54 Å². The van der Waals surface area contributed by atoms with Gasteiger partial charge in [-0.05, 0) is 19.1 Å². The summed E-state index contributed by atoms with van der Waals surface area (Å²) in [6.45, 7) is 3.14. The zero-order valence-corrected chi connectivity index (χ0v) is 12.5. The van der Waals surface area contributed by atoms with Crippen LogP contribution in [0.2, 0.25) is 0 Å². The fourth-order valence-electron chi connectivity index (χ4n) is 2.68. The van der Waals surface area contributed by atoms with Gasteiger partial charge in [-0.25, -0.2) is 0 Å². The smallest absolute Gasteiger partial charge is 0.196 e. The first-order chi connectivity index (χ1) is 10.3. The van der Waals surface area contributed by atoms with E-state index in [0.717, 1.165) is 6.54 Å². The van der Waals surface area contributed by atoms with E-state index in [1.807, 2.05) is 6.07 Å². The maximum absolute atomic E-state index is 2.34. The van der Waals surface area contributed by atoms with Crippen molar-refractivity contribution in [2.24, 2.45) is 0 Å². The summed E-state index contributed by atoms with van der Waals surface area (Å²) in [5, 5.41) is 1.28. The number of rotatable bonds is 3. The second-order valence-electron chi connectivity index (χ2n) is 5.14. The first-order valence-electron chi connectivity index (χ1n) is 7.34. The summed E-state index contributed by atoms with van der Waals surface area (Å²) in [7, 11) is 2.09. The van der Waals surface area contributed by atoms with Crippen LogP contribution < -0.4 is 4.57 Å². The van der Waals surface area contributed by atoms with Crippen molar-refractivity contribution in [1.29, 1.82) is 0 Å². The summed E-state index contributed by atoms with van der Waals surface area (Å²) in [6, 6.07) is 23.3. The number of hydrogen-bond donors (Lipinski definition) is 0. The lowest BCUT2D eigenvalue weighted by molar-refractivity contribution is -0.670. The highest BCUT2D eigenvalue weighted by atomic mass is 15.0. The average molecular weight is 276 g/mol. The molecular weight excluding hydrogens is 256 g/mol. The normalized spacial score (nSPS) is 11.8. The van der Waals surface area contributed by atoms with E-state index in [9.17, 15) is 0 Å². The first-order valence-corrected chi connectivity index (χ1v) is 7.34. The molecule has 0 radical (unpaired) electrons. The molecule has 0 saturated carbocycles. The molecule has 104 valence electrons. The van der Waals surface area contributed by atoms with Crippen LogP contribution in [0, 0.1) is 0 Å². The van der Waals surface area contributed by atoms with Crippen molar-refractivity contribution in [3.05, 3.63) is 72.4 Å². The lowest BCUT2D eigenvalue weighted by Crippen LogP contribution is -2.38. The third kappa shape index (κ3) is 2.70. The van der Waals surface area contributed by atoms with Gasteiger partial charge in [0.2, 0.25) is 17.4 Å². The van der Waals surface area contributed by atoms with Crippen LogP contribution in [0.25, 0.3) is 10.9 Å². The van der Waals surface area contributed by atoms with E-state index in [0.29, 0.717) is 0 Å². The Hall–Kier alpha value is -2.48. The SMILES string of the molecule is CC[n+]1c(C=[N+](C)c2ccccc2)ccc2ccccc21. The fraction of sp³-hybridized carbons (Fsp3) is 0.158. The molecule has 0 fully saturated rings. The van der Waals surface area contributed by atoms with E-state index in [-0.39, 0.29) is 0 Å². The van der Waals surface area contributed by atoms with Gasteiger partial charge >= 0.3 is 0 Å². The van der Waals surface area contributed by atoms with Gasteiger partial charge in [0.15, 0.2) is 0 Å². The molecule has 2 nitrogen and oxygen atoms in total. The zero-order valence-electron chi connectivity index (χ0n) is 12.5. The summed E-state index contributed by atoms with van der Waals surface area (Å²) >= 11 is 0. The minimum absolute atomic E-state index is 0.954. The molecule has 0 bridgehead atoms. The monoisotopic (exact) mass is 276 g/mol. The molecule has 0 amide bonds. The van der Waals surface area contributed by atoms with E-state index >= 15 is 0 Å². The number of benzene rings is 2. The Labute approximate surface area is 125 Å². The van der Waals surface area contributed by atoms with Crippen molar-refractivity contribution >= 4 is 22.8 Å². The predicted octanol–water partition coefficient (Wildman–Crippen LogP) is 3.54. The van der Waals surface area contributed by atoms with Gasteiger partial charge in [0, 0.05) is 29.7 Å². The molecule has 0 unspecified atom stereocenters. The molecule has 21 heavy (non-hydrogen) atoms. The Morgan fingerprint density at radius 2 is 1.62 bits per heavy atom. The number of fused-ring (bicyclic) bond motifs is 1. The van der Waals surface area contributed by atoms with Crippen molar-refractivity contribution in [3.63, 3.8) is 0 Å². The molecule has 2 heteroatoms. The lowest BCUT2D eigenvalue weighted by atomic mass is 10.2. The van der Waals surface area contributed by atoms with Crippen molar-refractivity contribution in [2.75, 3.05) is 7.05 Å². The minimum Gasteiger partial charge on any atom is -0.196 e. The highest BCUT2D eigenvalue weighted by Crippen LogP contribution is 2.11. The standard InChI is InChI=1S/C19H20N2/c1-3-21-18(14-13-16-9-7-8-12-19(16)21)15-20(2)17-10-5-4-6-11-17/h4-15H,3H2,1-2H3/q+2. The Balaban J connectivity index is 2.12. The van der Waals surface area contributed by atoms with E-state index in [1.54, 1.807) is 0 Å². The Morgan fingerprint density at radius 3 is 2.38 bits per heavy atom. The van der Waals surface area contributed by atoms with Crippen LogP contribution in [0.15, 0.2) is 66.7 Å². The molecule has 2 aromatic carbocycles. The zero-order chi connectivity index (χ0) is 14.7. The van der Waals surface area contributed by atoms with Crippen molar-refractivity contribution in [1.82, 2.24) is 0 Å². The summed E-state index contributed by atoms with van der Waals surface area (Å²) in [5.74, 6) is 0. The van der Waals surface area contributed by atoms with Crippen molar-refractivity contribution in [2.45, 2.75) is 13.5 Å². The predicted molar refractivity (Wildman–Crippen MR) is 87.3 cm³/mol. The Morgan fingerprint density at radius 1 is 0.905 bits per heavy atom. The van der Waals surface area contributed by atoms with Crippen LogP contribution >= 0.6 is 0 Å². The summed E-state index contributed by atoms with van der Waals surface area (Å²) in [5.41, 5.74) is 3.67. The van der Waals surface area contributed by atoms with Crippen LogP contribution in [0.1, 0.15) is 12.6 Å². The number of pyridine rings is 1. The molecule has 0 aliphatic carbocycles. The number of nitrogens with zero attached hydrogens (tertiary/aromatic N) is 2. The molecular formula is C19H20N2+2. The third-order valence-corrected chi connectivity index (χ3v) is 3.78. The van der Waals surface area contributed by atoms with E-state index in [4.69, 9.17) is 0 Å².